The molecule has 0 saturated heterocycles. The van der Waals surface area contributed by atoms with E-state index in [2.05, 4.69) is 50.8 Å². The van der Waals surface area contributed by atoms with Gasteiger partial charge in [-0.3, -0.25) is 4.79 Å². The maximum Gasteiger partial charge on any atom is 0.217 e. The number of rotatable bonds is 3. The van der Waals surface area contributed by atoms with Gasteiger partial charge in [-0.15, -0.1) is 0 Å². The van der Waals surface area contributed by atoms with Gasteiger partial charge in [-0.05, 0) is 74.1 Å². The summed E-state index contributed by atoms with van der Waals surface area (Å²) in [4.78, 5) is 11.8. The lowest BCUT2D eigenvalue weighted by Crippen LogP contribution is -2.70. The smallest absolute Gasteiger partial charge is 0.217 e. The third kappa shape index (κ3) is 2.45. The largest absolute Gasteiger partial charge is 0.380 e. The van der Waals surface area contributed by atoms with Crippen molar-refractivity contribution >= 4 is 27.5 Å². The van der Waals surface area contributed by atoms with Crippen LogP contribution in [-0.2, 0) is 4.79 Å². The summed E-state index contributed by atoms with van der Waals surface area (Å²) < 4.78 is 1.10. The van der Waals surface area contributed by atoms with E-state index >= 15 is 0 Å². The van der Waals surface area contributed by atoms with Crippen LogP contribution >= 0.6 is 15.9 Å². The fourth-order valence-electron chi connectivity index (χ4n) is 5.55. The van der Waals surface area contributed by atoms with Gasteiger partial charge in [0.15, 0.2) is 0 Å². The zero-order valence-electron chi connectivity index (χ0n) is 12.9. The average molecular weight is 363 g/mol. The minimum atomic E-state index is -0.0341. The Kier molecular flexibility index (Phi) is 3.48. The topological polar surface area (TPSA) is 41.1 Å². The van der Waals surface area contributed by atoms with Gasteiger partial charge in [0.05, 0.1) is 11.6 Å². The Morgan fingerprint density at radius 1 is 1.14 bits per heavy atom. The Labute approximate surface area is 140 Å². The molecule has 5 rings (SSSR count). The molecule has 118 valence electrons. The van der Waals surface area contributed by atoms with Crippen LogP contribution in [-0.4, -0.2) is 17.5 Å². The molecule has 0 spiro atoms. The number of anilines is 1. The maximum absolute atomic E-state index is 11.8. The fourth-order valence-corrected chi connectivity index (χ4v) is 5.82. The highest BCUT2D eigenvalue weighted by Gasteiger charge is 2.57. The molecule has 2 N–H and O–H groups in total. The standard InChI is InChI=1S/C18H23BrN2O/c1-11(22)21-18-9-12-6-13(10-18)8-14(7-12)17(18)20-16-4-2-15(19)3-5-16/h2-5,12-14,17,20H,6-10H2,1H3,(H,21,22). The van der Waals surface area contributed by atoms with Gasteiger partial charge >= 0.3 is 0 Å². The van der Waals surface area contributed by atoms with Crippen molar-refractivity contribution in [3.8, 4) is 0 Å². The Morgan fingerprint density at radius 2 is 1.77 bits per heavy atom. The molecule has 1 aromatic carbocycles. The SMILES string of the molecule is CC(=O)NC12CC3CC(CC(C3)C1Nc1ccc(Br)cc1)C2. The minimum absolute atomic E-state index is 0.0341. The van der Waals surface area contributed by atoms with E-state index in [1.165, 1.54) is 19.3 Å². The van der Waals surface area contributed by atoms with E-state index in [1.807, 2.05) is 0 Å². The molecule has 0 radical (unpaired) electrons. The van der Waals surface area contributed by atoms with E-state index in [0.717, 1.165) is 34.8 Å². The van der Waals surface area contributed by atoms with Gasteiger partial charge in [0.1, 0.15) is 0 Å². The van der Waals surface area contributed by atoms with Gasteiger partial charge in [0.2, 0.25) is 5.91 Å². The molecule has 3 nitrogen and oxygen atoms in total. The fraction of sp³-hybridized carbons (Fsp3) is 0.611. The van der Waals surface area contributed by atoms with Gasteiger partial charge in [-0.1, -0.05) is 15.9 Å². The molecular weight excluding hydrogens is 340 g/mol. The van der Waals surface area contributed by atoms with Gasteiger partial charge in [0, 0.05) is 17.1 Å². The van der Waals surface area contributed by atoms with Gasteiger partial charge in [0.25, 0.3) is 0 Å². The third-order valence-corrected chi connectivity index (χ3v) is 6.43. The molecule has 4 saturated carbocycles. The minimum Gasteiger partial charge on any atom is -0.380 e. The van der Waals surface area contributed by atoms with Crippen molar-refractivity contribution < 1.29 is 4.79 Å². The third-order valence-electron chi connectivity index (χ3n) is 5.90. The molecule has 1 aromatic rings. The second-order valence-corrected chi connectivity index (χ2v) is 8.49. The van der Waals surface area contributed by atoms with E-state index < -0.39 is 0 Å². The molecule has 4 heteroatoms. The monoisotopic (exact) mass is 362 g/mol. The Balaban J connectivity index is 1.63. The highest BCUT2D eigenvalue weighted by molar-refractivity contribution is 9.10. The molecule has 0 aromatic heterocycles. The van der Waals surface area contributed by atoms with E-state index in [4.69, 9.17) is 0 Å². The van der Waals surface area contributed by atoms with Crippen LogP contribution in [0, 0.1) is 17.8 Å². The molecule has 4 bridgehead atoms. The average Bonchev–Trinajstić information content (AvgIpc) is 2.43. The summed E-state index contributed by atoms with van der Waals surface area (Å²) in [6.45, 7) is 1.66. The molecule has 22 heavy (non-hydrogen) atoms. The van der Waals surface area contributed by atoms with Crippen LogP contribution in [0.2, 0.25) is 0 Å². The molecule has 3 unspecified atom stereocenters. The molecule has 4 fully saturated rings. The summed E-state index contributed by atoms with van der Waals surface area (Å²) in [5.41, 5.74) is 1.12. The summed E-state index contributed by atoms with van der Waals surface area (Å²) in [6.07, 6.45) is 6.32. The Hall–Kier alpha value is -1.03. The van der Waals surface area contributed by atoms with Crippen molar-refractivity contribution in [3.63, 3.8) is 0 Å². The van der Waals surface area contributed by atoms with Crippen molar-refractivity contribution in [1.82, 2.24) is 5.32 Å². The van der Waals surface area contributed by atoms with Crippen molar-refractivity contribution in [3.05, 3.63) is 28.7 Å². The van der Waals surface area contributed by atoms with Crippen LogP contribution < -0.4 is 10.6 Å². The first-order valence-corrected chi connectivity index (χ1v) is 9.14. The zero-order valence-corrected chi connectivity index (χ0v) is 14.5. The lowest BCUT2D eigenvalue weighted by Gasteiger charge is -2.61. The molecule has 4 aliphatic carbocycles. The van der Waals surface area contributed by atoms with Crippen LogP contribution in [0.3, 0.4) is 0 Å². The predicted octanol–water partition coefficient (Wildman–Crippen LogP) is 3.94. The quantitative estimate of drug-likeness (QED) is 0.854. The van der Waals surface area contributed by atoms with Crippen LogP contribution in [0.4, 0.5) is 5.69 Å². The van der Waals surface area contributed by atoms with Gasteiger partial charge in [-0.2, -0.15) is 0 Å². The summed E-state index contributed by atoms with van der Waals surface area (Å²) in [5, 5.41) is 7.12. The van der Waals surface area contributed by atoms with Crippen molar-refractivity contribution in [2.75, 3.05) is 5.32 Å². The number of hydrogen-bond donors (Lipinski definition) is 2. The van der Waals surface area contributed by atoms with Crippen molar-refractivity contribution in [1.29, 1.82) is 0 Å². The molecule has 0 heterocycles. The summed E-state index contributed by atoms with van der Waals surface area (Å²) in [7, 11) is 0. The van der Waals surface area contributed by atoms with Crippen LogP contribution in [0.1, 0.15) is 39.0 Å². The number of nitrogens with one attached hydrogen (secondary N) is 2. The number of halogens is 1. The normalized spacial score (nSPS) is 38.8. The molecule has 0 aliphatic heterocycles. The maximum atomic E-state index is 11.8. The highest BCUT2D eigenvalue weighted by atomic mass is 79.9. The second kappa shape index (κ2) is 5.26. The number of carbonyl (C=O) groups excluding carboxylic acids is 1. The van der Waals surface area contributed by atoms with Crippen LogP contribution in [0.5, 0.6) is 0 Å². The number of hydrogen-bond acceptors (Lipinski definition) is 2. The predicted molar refractivity (Wildman–Crippen MR) is 91.7 cm³/mol. The van der Waals surface area contributed by atoms with Gasteiger partial charge < -0.3 is 10.6 Å². The molecule has 4 aliphatic rings. The Morgan fingerprint density at radius 3 is 2.36 bits per heavy atom. The summed E-state index contributed by atoms with van der Waals surface area (Å²) in [5.74, 6) is 2.44. The first-order chi connectivity index (χ1) is 10.5. The molecular formula is C18H23BrN2O. The van der Waals surface area contributed by atoms with Crippen molar-refractivity contribution in [2.24, 2.45) is 17.8 Å². The molecule has 3 atom stereocenters. The second-order valence-electron chi connectivity index (χ2n) is 7.57. The van der Waals surface area contributed by atoms with Gasteiger partial charge in [-0.25, -0.2) is 0 Å². The first-order valence-electron chi connectivity index (χ1n) is 8.35. The number of benzene rings is 1. The van der Waals surface area contributed by atoms with E-state index in [9.17, 15) is 4.79 Å². The number of carbonyl (C=O) groups is 1. The van der Waals surface area contributed by atoms with Crippen LogP contribution in [0.15, 0.2) is 28.7 Å². The lowest BCUT2D eigenvalue weighted by atomic mass is 9.50. The first kappa shape index (κ1) is 14.6. The number of amides is 1. The van der Waals surface area contributed by atoms with E-state index in [0.29, 0.717) is 12.0 Å². The Bertz CT molecular complexity index is 571. The molecule has 1 amide bonds. The summed E-state index contributed by atoms with van der Waals surface area (Å²) >= 11 is 3.49. The van der Waals surface area contributed by atoms with Crippen LogP contribution in [0.25, 0.3) is 0 Å². The lowest BCUT2D eigenvalue weighted by molar-refractivity contribution is -0.125. The summed E-state index contributed by atoms with van der Waals surface area (Å²) in [6, 6.07) is 8.76. The van der Waals surface area contributed by atoms with E-state index in [1.54, 1.807) is 6.92 Å². The zero-order chi connectivity index (χ0) is 15.3. The highest BCUT2D eigenvalue weighted by Crippen LogP contribution is 2.56. The van der Waals surface area contributed by atoms with Crippen molar-refractivity contribution in [2.45, 2.75) is 50.6 Å². The van der Waals surface area contributed by atoms with E-state index in [-0.39, 0.29) is 11.4 Å².